The van der Waals surface area contributed by atoms with Gasteiger partial charge in [0, 0.05) is 30.6 Å². The molecule has 0 amide bonds. The zero-order chi connectivity index (χ0) is 13.9. The van der Waals surface area contributed by atoms with E-state index in [4.69, 9.17) is 23.2 Å². The van der Waals surface area contributed by atoms with Crippen molar-refractivity contribution < 1.29 is 0 Å². The van der Waals surface area contributed by atoms with Crippen molar-refractivity contribution >= 4 is 23.2 Å². The van der Waals surface area contributed by atoms with Gasteiger partial charge in [-0.3, -0.25) is 4.98 Å². The number of rotatable bonds is 3. The largest absolute Gasteiger partial charge is 0.348 e. The molecule has 0 saturated heterocycles. The predicted octanol–water partition coefficient (Wildman–Crippen LogP) is 4.37. The van der Waals surface area contributed by atoms with E-state index in [1.165, 1.54) is 0 Å². The summed E-state index contributed by atoms with van der Waals surface area (Å²) in [5, 5.41) is 1.19. The standard InChI is InChI=1S/C15H11Cl2N3/c16-11-2-1-3-12(17)15(11)13-9-19-14(20-13)8-10-4-6-18-7-5-10/h1-7,9H,8H2,(H,19,20). The van der Waals surface area contributed by atoms with Gasteiger partial charge >= 0.3 is 0 Å². The van der Waals surface area contributed by atoms with Gasteiger partial charge in [0.2, 0.25) is 0 Å². The van der Waals surface area contributed by atoms with Gasteiger partial charge in [-0.25, -0.2) is 4.98 Å². The minimum absolute atomic E-state index is 0.597. The van der Waals surface area contributed by atoms with Gasteiger partial charge in [0.15, 0.2) is 0 Å². The van der Waals surface area contributed by atoms with Crippen LogP contribution >= 0.6 is 23.2 Å². The Morgan fingerprint density at radius 3 is 2.40 bits per heavy atom. The molecule has 0 spiro atoms. The third-order valence-electron chi connectivity index (χ3n) is 2.97. The van der Waals surface area contributed by atoms with Gasteiger partial charge in [0.25, 0.3) is 0 Å². The molecule has 0 aliphatic rings. The van der Waals surface area contributed by atoms with Gasteiger partial charge in [-0.1, -0.05) is 29.3 Å². The normalized spacial score (nSPS) is 10.7. The zero-order valence-electron chi connectivity index (χ0n) is 10.5. The highest BCUT2D eigenvalue weighted by Gasteiger charge is 2.11. The molecule has 1 aromatic carbocycles. The Hall–Kier alpha value is -1.84. The molecule has 2 heterocycles. The van der Waals surface area contributed by atoms with Crippen LogP contribution in [0.25, 0.3) is 11.3 Å². The lowest BCUT2D eigenvalue weighted by atomic mass is 10.1. The lowest BCUT2D eigenvalue weighted by molar-refractivity contribution is 1.02. The Morgan fingerprint density at radius 1 is 1.00 bits per heavy atom. The monoisotopic (exact) mass is 303 g/mol. The molecule has 0 aliphatic heterocycles. The first-order valence-corrected chi connectivity index (χ1v) is 6.87. The first-order chi connectivity index (χ1) is 9.74. The van der Waals surface area contributed by atoms with E-state index in [2.05, 4.69) is 15.0 Å². The average Bonchev–Trinajstić information content (AvgIpc) is 2.88. The van der Waals surface area contributed by atoms with Crippen molar-refractivity contribution in [3.63, 3.8) is 0 Å². The molecule has 3 aromatic rings. The van der Waals surface area contributed by atoms with Gasteiger partial charge in [0.05, 0.1) is 15.7 Å². The second-order valence-corrected chi connectivity index (χ2v) is 5.18. The molecule has 0 unspecified atom stereocenters. The van der Waals surface area contributed by atoms with E-state index in [1.54, 1.807) is 24.5 Å². The summed E-state index contributed by atoms with van der Waals surface area (Å²) >= 11 is 12.4. The van der Waals surface area contributed by atoms with Crippen molar-refractivity contribution in [1.82, 2.24) is 15.0 Å². The summed E-state index contributed by atoms with van der Waals surface area (Å²) in [6, 6.07) is 9.36. The molecule has 3 nitrogen and oxygen atoms in total. The number of imidazole rings is 1. The van der Waals surface area contributed by atoms with Gasteiger partial charge < -0.3 is 4.98 Å². The topological polar surface area (TPSA) is 41.6 Å². The third-order valence-corrected chi connectivity index (χ3v) is 3.60. The Kier molecular flexibility index (Phi) is 3.72. The molecule has 5 heteroatoms. The number of nitrogens with zero attached hydrogens (tertiary/aromatic N) is 2. The van der Waals surface area contributed by atoms with Crippen molar-refractivity contribution in [2.45, 2.75) is 6.42 Å². The van der Waals surface area contributed by atoms with Crippen molar-refractivity contribution in [3.05, 3.63) is 70.4 Å². The molecule has 0 radical (unpaired) electrons. The fourth-order valence-electron chi connectivity index (χ4n) is 2.02. The number of aromatic amines is 1. The Balaban J connectivity index is 1.91. The van der Waals surface area contributed by atoms with E-state index in [0.717, 1.165) is 22.6 Å². The third kappa shape index (κ3) is 2.69. The van der Waals surface area contributed by atoms with Crippen LogP contribution in [0.2, 0.25) is 10.0 Å². The summed E-state index contributed by atoms with van der Waals surface area (Å²) in [5.41, 5.74) is 2.66. The lowest BCUT2D eigenvalue weighted by Gasteiger charge is -2.02. The number of halogens is 2. The molecule has 2 aromatic heterocycles. The summed E-state index contributed by atoms with van der Waals surface area (Å²) in [7, 11) is 0. The van der Waals surface area contributed by atoms with Crippen LogP contribution in [0.5, 0.6) is 0 Å². The van der Waals surface area contributed by atoms with Gasteiger partial charge in [-0.15, -0.1) is 0 Å². The first-order valence-electron chi connectivity index (χ1n) is 6.11. The minimum Gasteiger partial charge on any atom is -0.348 e. The van der Waals surface area contributed by atoms with Crippen LogP contribution in [0.15, 0.2) is 48.9 Å². The summed E-state index contributed by atoms with van der Waals surface area (Å²) in [6.45, 7) is 0. The van der Waals surface area contributed by atoms with Gasteiger partial charge in [0.1, 0.15) is 5.82 Å². The fourth-order valence-corrected chi connectivity index (χ4v) is 2.61. The minimum atomic E-state index is 0.597. The maximum absolute atomic E-state index is 6.19. The number of nitrogens with one attached hydrogen (secondary N) is 1. The van der Waals surface area contributed by atoms with Crippen LogP contribution in [0, 0.1) is 0 Å². The number of hydrogen-bond donors (Lipinski definition) is 1. The highest BCUT2D eigenvalue weighted by molar-refractivity contribution is 6.39. The Labute approximate surface area is 126 Å². The smallest absolute Gasteiger partial charge is 0.111 e. The number of aromatic nitrogens is 3. The van der Waals surface area contributed by atoms with Crippen molar-refractivity contribution in [1.29, 1.82) is 0 Å². The molecule has 0 bridgehead atoms. The summed E-state index contributed by atoms with van der Waals surface area (Å²) in [5.74, 6) is 0.863. The van der Waals surface area contributed by atoms with E-state index in [1.807, 2.05) is 24.4 Å². The number of hydrogen-bond acceptors (Lipinski definition) is 2. The molecule has 0 atom stereocenters. The number of H-pyrrole nitrogens is 1. The van der Waals surface area contributed by atoms with Crippen LogP contribution in [0.4, 0.5) is 0 Å². The van der Waals surface area contributed by atoms with E-state index < -0.39 is 0 Å². The fraction of sp³-hybridized carbons (Fsp3) is 0.0667. The van der Waals surface area contributed by atoms with E-state index >= 15 is 0 Å². The quantitative estimate of drug-likeness (QED) is 0.780. The van der Waals surface area contributed by atoms with Gasteiger partial charge in [-0.2, -0.15) is 0 Å². The first kappa shape index (κ1) is 13.2. The molecular formula is C15H11Cl2N3. The molecule has 100 valence electrons. The highest BCUT2D eigenvalue weighted by atomic mass is 35.5. The lowest BCUT2D eigenvalue weighted by Crippen LogP contribution is -1.91. The highest BCUT2D eigenvalue weighted by Crippen LogP contribution is 2.33. The molecule has 3 rings (SSSR count). The second-order valence-electron chi connectivity index (χ2n) is 4.36. The number of benzene rings is 1. The summed E-state index contributed by atoms with van der Waals surface area (Å²) in [6.07, 6.45) is 6.07. The van der Waals surface area contributed by atoms with Crippen LogP contribution in [0.1, 0.15) is 11.4 Å². The molecule has 0 aliphatic carbocycles. The molecule has 0 fully saturated rings. The molecular weight excluding hydrogens is 293 g/mol. The molecule has 0 saturated carbocycles. The zero-order valence-corrected chi connectivity index (χ0v) is 12.0. The number of pyridine rings is 1. The van der Waals surface area contributed by atoms with Gasteiger partial charge in [-0.05, 0) is 29.8 Å². The maximum atomic E-state index is 6.19. The van der Waals surface area contributed by atoms with E-state index in [0.29, 0.717) is 16.5 Å². The predicted molar refractivity (Wildman–Crippen MR) is 81.1 cm³/mol. The second kappa shape index (κ2) is 5.65. The van der Waals surface area contributed by atoms with Crippen LogP contribution in [-0.2, 0) is 6.42 Å². The average molecular weight is 304 g/mol. The Morgan fingerprint density at radius 2 is 1.70 bits per heavy atom. The van der Waals surface area contributed by atoms with Crippen molar-refractivity contribution in [2.24, 2.45) is 0 Å². The van der Waals surface area contributed by atoms with Crippen LogP contribution in [0.3, 0.4) is 0 Å². The summed E-state index contributed by atoms with van der Waals surface area (Å²) < 4.78 is 0. The van der Waals surface area contributed by atoms with Crippen LogP contribution < -0.4 is 0 Å². The van der Waals surface area contributed by atoms with E-state index in [9.17, 15) is 0 Å². The SMILES string of the molecule is Clc1cccc(Cl)c1-c1c[nH]c(Cc2ccncc2)n1. The van der Waals surface area contributed by atoms with Crippen molar-refractivity contribution in [3.8, 4) is 11.3 Å². The molecule has 20 heavy (non-hydrogen) atoms. The summed E-state index contributed by atoms with van der Waals surface area (Å²) in [4.78, 5) is 11.7. The van der Waals surface area contributed by atoms with Crippen LogP contribution in [-0.4, -0.2) is 15.0 Å². The maximum Gasteiger partial charge on any atom is 0.111 e. The molecule has 1 N–H and O–H groups in total. The van der Waals surface area contributed by atoms with E-state index in [-0.39, 0.29) is 0 Å². The van der Waals surface area contributed by atoms with Crippen molar-refractivity contribution in [2.75, 3.05) is 0 Å². The Bertz CT molecular complexity index is 703.